The van der Waals surface area contributed by atoms with Crippen molar-refractivity contribution in [3.63, 3.8) is 0 Å². The summed E-state index contributed by atoms with van der Waals surface area (Å²) >= 11 is 5.00. The highest BCUT2D eigenvalue weighted by Crippen LogP contribution is 2.26. The molecule has 0 radical (unpaired) electrons. The van der Waals surface area contributed by atoms with E-state index in [0.29, 0.717) is 12.1 Å². The summed E-state index contributed by atoms with van der Waals surface area (Å²) in [6, 6.07) is 15.1. The topological polar surface area (TPSA) is 42.2 Å². The van der Waals surface area contributed by atoms with Crippen LogP contribution in [0.15, 0.2) is 62.8 Å². The number of amides is 1. The van der Waals surface area contributed by atoms with Crippen LogP contribution in [0.4, 0.5) is 0 Å². The molecule has 0 saturated heterocycles. The quantitative estimate of drug-likeness (QED) is 0.731. The zero-order valence-corrected chi connectivity index (χ0v) is 13.4. The molecular formula is C16H12BrNO2S. The molecule has 2 aromatic heterocycles. The molecule has 1 N–H and O–H groups in total. The molecule has 0 aliphatic rings. The molecule has 0 fully saturated rings. The molecular weight excluding hydrogens is 350 g/mol. The normalized spacial score (nSPS) is 10.5. The molecule has 5 heteroatoms. The van der Waals surface area contributed by atoms with Crippen molar-refractivity contribution in [2.75, 3.05) is 0 Å². The van der Waals surface area contributed by atoms with Gasteiger partial charge in [-0.15, -0.1) is 11.3 Å². The molecule has 0 aliphatic heterocycles. The predicted octanol–water partition coefficient (Wildman–Crippen LogP) is 4.70. The maximum Gasteiger partial charge on any atom is 0.252 e. The second-order valence-electron chi connectivity index (χ2n) is 4.41. The third kappa shape index (κ3) is 3.25. The summed E-state index contributed by atoms with van der Waals surface area (Å²) in [6.07, 6.45) is 0. The fraction of sp³-hybridized carbons (Fsp3) is 0.0625. The molecule has 2 heterocycles. The number of thiophene rings is 1. The van der Waals surface area contributed by atoms with E-state index >= 15 is 0 Å². The van der Waals surface area contributed by atoms with E-state index in [4.69, 9.17) is 4.42 Å². The molecule has 0 unspecified atom stereocenters. The van der Waals surface area contributed by atoms with Crippen molar-refractivity contribution in [3.05, 3.63) is 69.7 Å². The van der Waals surface area contributed by atoms with Gasteiger partial charge in [0.1, 0.15) is 11.5 Å². The van der Waals surface area contributed by atoms with E-state index in [1.54, 1.807) is 17.4 Å². The number of carbonyl (C=O) groups is 1. The van der Waals surface area contributed by atoms with Crippen LogP contribution >= 0.6 is 27.3 Å². The van der Waals surface area contributed by atoms with Crippen molar-refractivity contribution in [2.45, 2.75) is 6.54 Å². The third-order valence-electron chi connectivity index (χ3n) is 2.97. The molecule has 21 heavy (non-hydrogen) atoms. The van der Waals surface area contributed by atoms with Gasteiger partial charge in [-0.3, -0.25) is 4.79 Å². The van der Waals surface area contributed by atoms with Gasteiger partial charge in [0.05, 0.1) is 17.0 Å². The Labute approximate surface area is 134 Å². The SMILES string of the molecule is O=C(NCc1ccc(-c2cccs2)o1)c1ccccc1Br. The zero-order chi connectivity index (χ0) is 14.7. The van der Waals surface area contributed by atoms with Crippen LogP contribution in [0.25, 0.3) is 10.6 Å². The summed E-state index contributed by atoms with van der Waals surface area (Å²) in [5.74, 6) is 1.44. The van der Waals surface area contributed by atoms with Gasteiger partial charge in [0.2, 0.25) is 0 Å². The van der Waals surface area contributed by atoms with E-state index in [1.165, 1.54) is 0 Å². The van der Waals surface area contributed by atoms with Gasteiger partial charge in [0.15, 0.2) is 0 Å². The molecule has 1 amide bonds. The van der Waals surface area contributed by atoms with E-state index in [-0.39, 0.29) is 5.91 Å². The van der Waals surface area contributed by atoms with Crippen LogP contribution in [0.2, 0.25) is 0 Å². The smallest absolute Gasteiger partial charge is 0.252 e. The fourth-order valence-corrected chi connectivity index (χ4v) is 3.08. The Bertz CT molecular complexity index is 749. The van der Waals surface area contributed by atoms with Gasteiger partial charge in [0, 0.05) is 4.47 Å². The minimum absolute atomic E-state index is 0.128. The number of carbonyl (C=O) groups excluding carboxylic acids is 1. The van der Waals surface area contributed by atoms with Crippen molar-refractivity contribution in [1.29, 1.82) is 0 Å². The molecule has 3 aromatic rings. The average molecular weight is 362 g/mol. The number of hydrogen-bond donors (Lipinski definition) is 1. The summed E-state index contributed by atoms with van der Waals surface area (Å²) in [7, 11) is 0. The second-order valence-corrected chi connectivity index (χ2v) is 6.21. The third-order valence-corrected chi connectivity index (χ3v) is 4.54. The summed E-state index contributed by atoms with van der Waals surface area (Å²) in [6.45, 7) is 0.367. The number of hydrogen-bond acceptors (Lipinski definition) is 3. The zero-order valence-electron chi connectivity index (χ0n) is 11.0. The highest BCUT2D eigenvalue weighted by molar-refractivity contribution is 9.10. The molecule has 3 rings (SSSR count). The molecule has 0 bridgehead atoms. The number of benzene rings is 1. The first kappa shape index (κ1) is 14.1. The van der Waals surface area contributed by atoms with E-state index < -0.39 is 0 Å². The van der Waals surface area contributed by atoms with E-state index in [0.717, 1.165) is 20.9 Å². The minimum atomic E-state index is -0.128. The molecule has 0 saturated carbocycles. The van der Waals surface area contributed by atoms with Gasteiger partial charge >= 0.3 is 0 Å². The molecule has 106 valence electrons. The molecule has 0 aliphatic carbocycles. The highest BCUT2D eigenvalue weighted by Gasteiger charge is 2.10. The van der Waals surface area contributed by atoms with Crippen molar-refractivity contribution < 1.29 is 9.21 Å². The van der Waals surface area contributed by atoms with Crippen LogP contribution in [0.1, 0.15) is 16.1 Å². The summed E-state index contributed by atoms with van der Waals surface area (Å²) in [5, 5.41) is 4.86. The van der Waals surface area contributed by atoms with Gasteiger partial charge in [-0.1, -0.05) is 18.2 Å². The van der Waals surface area contributed by atoms with Crippen molar-refractivity contribution in [1.82, 2.24) is 5.32 Å². The number of furan rings is 1. The second kappa shape index (κ2) is 6.28. The van der Waals surface area contributed by atoms with Crippen LogP contribution in [-0.4, -0.2) is 5.91 Å². The maximum atomic E-state index is 12.1. The van der Waals surface area contributed by atoms with E-state index in [2.05, 4.69) is 21.2 Å². The molecule has 3 nitrogen and oxygen atoms in total. The lowest BCUT2D eigenvalue weighted by Crippen LogP contribution is -2.22. The van der Waals surface area contributed by atoms with Crippen LogP contribution < -0.4 is 5.32 Å². The van der Waals surface area contributed by atoms with Gasteiger partial charge < -0.3 is 9.73 Å². The van der Waals surface area contributed by atoms with Crippen LogP contribution in [-0.2, 0) is 6.54 Å². The lowest BCUT2D eigenvalue weighted by Gasteiger charge is -2.05. The Kier molecular flexibility index (Phi) is 4.22. The van der Waals surface area contributed by atoms with Crippen LogP contribution in [0.3, 0.4) is 0 Å². The lowest BCUT2D eigenvalue weighted by molar-refractivity contribution is 0.0947. The van der Waals surface area contributed by atoms with Gasteiger partial charge in [-0.2, -0.15) is 0 Å². The van der Waals surface area contributed by atoms with Crippen molar-refractivity contribution in [3.8, 4) is 10.6 Å². The van der Waals surface area contributed by atoms with E-state index in [9.17, 15) is 4.79 Å². The Balaban J connectivity index is 1.66. The predicted molar refractivity (Wildman–Crippen MR) is 87.3 cm³/mol. The number of rotatable bonds is 4. The highest BCUT2D eigenvalue weighted by atomic mass is 79.9. The standard InChI is InChI=1S/C16H12BrNO2S/c17-13-5-2-1-4-12(13)16(19)18-10-11-7-8-14(20-11)15-6-3-9-21-15/h1-9H,10H2,(H,18,19). The number of halogens is 1. The molecule has 1 aromatic carbocycles. The first-order chi connectivity index (χ1) is 10.2. The van der Waals surface area contributed by atoms with E-state index in [1.807, 2.05) is 47.8 Å². The lowest BCUT2D eigenvalue weighted by atomic mass is 10.2. The first-order valence-corrected chi connectivity index (χ1v) is 8.06. The first-order valence-electron chi connectivity index (χ1n) is 6.39. The maximum absolute atomic E-state index is 12.1. The van der Waals surface area contributed by atoms with Gasteiger partial charge in [0.25, 0.3) is 5.91 Å². The monoisotopic (exact) mass is 361 g/mol. The Morgan fingerprint density at radius 3 is 2.76 bits per heavy atom. The average Bonchev–Trinajstić information content (AvgIpc) is 3.16. The van der Waals surface area contributed by atoms with Crippen molar-refractivity contribution in [2.24, 2.45) is 0 Å². The van der Waals surface area contributed by atoms with Gasteiger partial charge in [-0.05, 0) is 51.6 Å². The summed E-state index contributed by atoms with van der Waals surface area (Å²) < 4.78 is 6.51. The Morgan fingerprint density at radius 1 is 1.14 bits per heavy atom. The largest absolute Gasteiger partial charge is 0.458 e. The summed E-state index contributed by atoms with van der Waals surface area (Å²) in [4.78, 5) is 13.2. The van der Waals surface area contributed by atoms with Crippen LogP contribution in [0.5, 0.6) is 0 Å². The van der Waals surface area contributed by atoms with Crippen molar-refractivity contribution >= 4 is 33.2 Å². The Hall–Kier alpha value is -1.85. The number of nitrogens with one attached hydrogen (secondary N) is 1. The minimum Gasteiger partial charge on any atom is -0.458 e. The summed E-state index contributed by atoms with van der Waals surface area (Å²) in [5.41, 5.74) is 0.613. The molecule has 0 spiro atoms. The molecule has 0 atom stereocenters. The fourth-order valence-electron chi connectivity index (χ4n) is 1.93. The van der Waals surface area contributed by atoms with Crippen LogP contribution in [0, 0.1) is 0 Å². The Morgan fingerprint density at radius 2 is 2.00 bits per heavy atom. The van der Waals surface area contributed by atoms with Gasteiger partial charge in [-0.25, -0.2) is 0 Å².